The fourth-order valence-electron chi connectivity index (χ4n) is 2.32. The molecule has 0 bridgehead atoms. The van der Waals surface area contributed by atoms with Crippen molar-refractivity contribution in [2.24, 2.45) is 0 Å². The molecule has 0 aliphatic carbocycles. The lowest BCUT2D eigenvalue weighted by Crippen LogP contribution is -2.29. The van der Waals surface area contributed by atoms with E-state index in [2.05, 4.69) is 5.32 Å². The van der Waals surface area contributed by atoms with Gasteiger partial charge in [-0.25, -0.2) is 4.79 Å². The number of ether oxygens (including phenoxy) is 1. The number of nitrogens with one attached hydrogen (secondary N) is 1. The Morgan fingerprint density at radius 2 is 1.85 bits per heavy atom. The van der Waals surface area contributed by atoms with Gasteiger partial charge in [-0.05, 0) is 35.9 Å². The number of nitrogens with zero attached hydrogens (tertiary/aromatic N) is 1. The molecule has 26 heavy (non-hydrogen) atoms. The Labute approximate surface area is 147 Å². The predicted octanol–water partition coefficient (Wildman–Crippen LogP) is 3.53. The van der Waals surface area contributed by atoms with Gasteiger partial charge >= 0.3 is 11.9 Å². The lowest BCUT2D eigenvalue weighted by Gasteiger charge is -2.13. The van der Waals surface area contributed by atoms with Crippen LogP contribution in [0.2, 0.25) is 0 Å². The molecule has 1 atom stereocenters. The van der Waals surface area contributed by atoms with Gasteiger partial charge in [0, 0.05) is 5.69 Å². The van der Waals surface area contributed by atoms with Gasteiger partial charge in [-0.15, -0.1) is 0 Å². The molecule has 0 spiro atoms. The van der Waals surface area contributed by atoms with E-state index in [1.54, 1.807) is 12.1 Å². The number of furan rings is 1. The molecule has 8 heteroatoms. The van der Waals surface area contributed by atoms with Crippen LogP contribution in [0.5, 0.6) is 0 Å². The summed E-state index contributed by atoms with van der Waals surface area (Å²) in [6, 6.07) is 15.2. The molecule has 0 unspecified atom stereocenters. The van der Waals surface area contributed by atoms with E-state index in [1.165, 1.54) is 6.92 Å². The van der Waals surface area contributed by atoms with Gasteiger partial charge < -0.3 is 14.5 Å². The smallest absolute Gasteiger partial charge is 0.433 e. The normalized spacial score (nSPS) is 11.7. The van der Waals surface area contributed by atoms with E-state index in [-0.39, 0.29) is 5.76 Å². The van der Waals surface area contributed by atoms with Gasteiger partial charge in [0.1, 0.15) is 4.92 Å². The molecule has 1 aromatic heterocycles. The first kappa shape index (κ1) is 17.2. The summed E-state index contributed by atoms with van der Waals surface area (Å²) in [5.74, 6) is -2.42. The summed E-state index contributed by atoms with van der Waals surface area (Å²) < 4.78 is 9.73. The van der Waals surface area contributed by atoms with Crippen LogP contribution in [0.4, 0.5) is 11.6 Å². The second-order valence-corrected chi connectivity index (χ2v) is 5.49. The molecular weight excluding hydrogens is 340 g/mol. The van der Waals surface area contributed by atoms with Crippen molar-refractivity contribution in [3.63, 3.8) is 0 Å². The fourth-order valence-corrected chi connectivity index (χ4v) is 2.32. The second-order valence-electron chi connectivity index (χ2n) is 5.49. The number of hydrogen-bond acceptors (Lipinski definition) is 6. The first-order valence-corrected chi connectivity index (χ1v) is 7.69. The number of benzene rings is 2. The van der Waals surface area contributed by atoms with Crippen LogP contribution in [0.1, 0.15) is 17.5 Å². The van der Waals surface area contributed by atoms with Gasteiger partial charge in [-0.2, -0.15) is 0 Å². The number of carbonyl (C=O) groups is 2. The predicted molar refractivity (Wildman–Crippen MR) is 92.8 cm³/mol. The molecule has 132 valence electrons. The van der Waals surface area contributed by atoms with E-state index in [0.29, 0.717) is 5.69 Å². The lowest BCUT2D eigenvalue weighted by atomic mass is 10.1. The highest BCUT2D eigenvalue weighted by atomic mass is 16.7. The van der Waals surface area contributed by atoms with Gasteiger partial charge in [0.15, 0.2) is 6.10 Å². The zero-order chi connectivity index (χ0) is 18.7. The topological polar surface area (TPSA) is 112 Å². The maximum atomic E-state index is 12.2. The maximum Gasteiger partial charge on any atom is 0.433 e. The van der Waals surface area contributed by atoms with Crippen LogP contribution in [0, 0.1) is 10.1 Å². The molecule has 1 amide bonds. The largest absolute Gasteiger partial charge is 0.447 e. The quantitative estimate of drug-likeness (QED) is 0.426. The van der Waals surface area contributed by atoms with Crippen LogP contribution in [0.15, 0.2) is 59.0 Å². The molecule has 0 radical (unpaired) electrons. The van der Waals surface area contributed by atoms with E-state index >= 15 is 0 Å². The zero-order valence-electron chi connectivity index (χ0n) is 13.7. The first-order valence-electron chi connectivity index (χ1n) is 7.69. The molecule has 0 fully saturated rings. The zero-order valence-corrected chi connectivity index (χ0v) is 13.7. The van der Waals surface area contributed by atoms with Crippen LogP contribution in [0.3, 0.4) is 0 Å². The highest BCUT2D eigenvalue weighted by Crippen LogP contribution is 2.20. The molecule has 3 aromatic rings. The number of rotatable bonds is 5. The van der Waals surface area contributed by atoms with E-state index in [0.717, 1.165) is 22.9 Å². The van der Waals surface area contributed by atoms with Gasteiger partial charge in [-0.1, -0.05) is 30.3 Å². The first-order chi connectivity index (χ1) is 12.4. The standard InChI is InChI=1S/C18H14N2O6/c1-11(25-18(22)15-8-9-16(26-15)20(23)24)17(21)19-14-7-6-12-4-2-3-5-13(12)10-14/h2-11H,1H3,(H,19,21)/t11-/m1/s1. The van der Waals surface area contributed by atoms with Crippen LogP contribution in [-0.2, 0) is 9.53 Å². The van der Waals surface area contributed by atoms with Crippen LogP contribution >= 0.6 is 0 Å². The Kier molecular flexibility index (Phi) is 4.66. The lowest BCUT2D eigenvalue weighted by molar-refractivity contribution is -0.402. The SMILES string of the molecule is C[C@@H](OC(=O)c1ccc([N+](=O)[O-])o1)C(=O)Nc1ccc2ccccc2c1. The van der Waals surface area contributed by atoms with Crippen molar-refractivity contribution in [1.82, 2.24) is 0 Å². The average molecular weight is 354 g/mol. The number of amides is 1. The molecule has 0 aliphatic rings. The Bertz CT molecular complexity index is 994. The van der Waals surface area contributed by atoms with Gasteiger partial charge in [0.2, 0.25) is 5.76 Å². The second kappa shape index (κ2) is 7.06. The van der Waals surface area contributed by atoms with E-state index in [9.17, 15) is 19.7 Å². The minimum atomic E-state index is -1.11. The molecule has 1 heterocycles. The molecule has 2 aromatic carbocycles. The van der Waals surface area contributed by atoms with Crippen molar-refractivity contribution in [1.29, 1.82) is 0 Å². The number of anilines is 1. The Morgan fingerprint density at radius 3 is 2.54 bits per heavy atom. The van der Waals surface area contributed by atoms with Crippen molar-refractivity contribution in [3.05, 3.63) is 70.5 Å². The van der Waals surface area contributed by atoms with E-state index < -0.39 is 28.8 Å². The van der Waals surface area contributed by atoms with Crippen molar-refractivity contribution >= 4 is 34.2 Å². The van der Waals surface area contributed by atoms with E-state index in [1.807, 2.05) is 30.3 Å². The van der Waals surface area contributed by atoms with Crippen LogP contribution in [0.25, 0.3) is 10.8 Å². The van der Waals surface area contributed by atoms with Crippen molar-refractivity contribution in [3.8, 4) is 0 Å². The third-order valence-electron chi connectivity index (χ3n) is 3.64. The Balaban J connectivity index is 1.64. The number of nitro groups is 1. The molecule has 0 saturated carbocycles. The van der Waals surface area contributed by atoms with E-state index in [4.69, 9.17) is 9.15 Å². The van der Waals surface area contributed by atoms with Gasteiger partial charge in [-0.3, -0.25) is 14.9 Å². The highest BCUT2D eigenvalue weighted by molar-refractivity contribution is 5.98. The van der Waals surface area contributed by atoms with Crippen LogP contribution < -0.4 is 5.32 Å². The highest BCUT2D eigenvalue weighted by Gasteiger charge is 2.23. The summed E-state index contributed by atoms with van der Waals surface area (Å²) >= 11 is 0. The number of hydrogen-bond donors (Lipinski definition) is 1. The summed E-state index contributed by atoms with van der Waals surface area (Å²) in [6.07, 6.45) is -1.11. The summed E-state index contributed by atoms with van der Waals surface area (Å²) in [7, 11) is 0. The monoisotopic (exact) mass is 354 g/mol. The molecule has 0 aliphatic heterocycles. The van der Waals surface area contributed by atoms with Crippen molar-refractivity contribution in [2.45, 2.75) is 13.0 Å². The third kappa shape index (κ3) is 3.69. The molecule has 1 N–H and O–H groups in total. The fraction of sp³-hybridized carbons (Fsp3) is 0.111. The minimum Gasteiger partial charge on any atom is -0.447 e. The summed E-state index contributed by atoms with van der Waals surface area (Å²) in [4.78, 5) is 33.9. The maximum absolute atomic E-state index is 12.2. The Morgan fingerprint density at radius 1 is 1.12 bits per heavy atom. The van der Waals surface area contributed by atoms with Crippen molar-refractivity contribution < 1.29 is 23.7 Å². The minimum absolute atomic E-state index is 0.345. The van der Waals surface area contributed by atoms with Crippen molar-refractivity contribution in [2.75, 3.05) is 5.32 Å². The number of esters is 1. The molecule has 3 rings (SSSR count). The Hall–Kier alpha value is -3.68. The molecule has 8 nitrogen and oxygen atoms in total. The number of fused-ring (bicyclic) bond motifs is 1. The summed E-state index contributed by atoms with van der Waals surface area (Å²) in [5.41, 5.74) is 0.560. The molecule has 0 saturated heterocycles. The van der Waals surface area contributed by atoms with Crippen LogP contribution in [-0.4, -0.2) is 22.9 Å². The number of carbonyl (C=O) groups excluding carboxylic acids is 2. The third-order valence-corrected chi connectivity index (χ3v) is 3.64. The van der Waals surface area contributed by atoms with Gasteiger partial charge in [0.05, 0.1) is 6.07 Å². The summed E-state index contributed by atoms with van der Waals surface area (Å²) in [6.45, 7) is 1.39. The summed E-state index contributed by atoms with van der Waals surface area (Å²) in [5, 5.41) is 15.2. The van der Waals surface area contributed by atoms with Gasteiger partial charge in [0.25, 0.3) is 5.91 Å². The average Bonchev–Trinajstić information content (AvgIpc) is 3.12. The molecular formula is C18H14N2O6.